The van der Waals surface area contributed by atoms with Gasteiger partial charge in [0.25, 0.3) is 0 Å². The van der Waals surface area contributed by atoms with Crippen LogP contribution in [0.1, 0.15) is 18.9 Å². The predicted molar refractivity (Wildman–Crippen MR) is 74.8 cm³/mol. The summed E-state index contributed by atoms with van der Waals surface area (Å²) in [6.45, 7) is 4.17. The van der Waals surface area contributed by atoms with Gasteiger partial charge in [0.15, 0.2) is 0 Å². The summed E-state index contributed by atoms with van der Waals surface area (Å²) in [6.07, 6.45) is 0.571. The van der Waals surface area contributed by atoms with E-state index in [1.807, 2.05) is 13.8 Å². The second kappa shape index (κ2) is 5.54. The van der Waals surface area contributed by atoms with Gasteiger partial charge >= 0.3 is 5.97 Å². The molecule has 1 fully saturated rings. The predicted octanol–water partition coefficient (Wildman–Crippen LogP) is 1.73. The molecule has 0 aromatic heterocycles. The van der Waals surface area contributed by atoms with E-state index < -0.39 is 21.9 Å². The van der Waals surface area contributed by atoms with Crippen LogP contribution in [-0.2, 0) is 14.8 Å². The maximum Gasteiger partial charge on any atom is 0.308 e. The molecule has 0 aliphatic carbocycles. The lowest BCUT2D eigenvalue weighted by molar-refractivity contribution is -0.144. The van der Waals surface area contributed by atoms with Crippen molar-refractivity contribution >= 4 is 16.0 Å². The Kier molecular flexibility index (Phi) is 4.15. The van der Waals surface area contributed by atoms with Crippen molar-refractivity contribution in [2.75, 3.05) is 13.1 Å². The fourth-order valence-electron chi connectivity index (χ4n) is 2.44. The van der Waals surface area contributed by atoms with Crippen LogP contribution in [0.5, 0.6) is 0 Å². The molecule has 20 heavy (non-hydrogen) atoms. The number of aliphatic carboxylic acids is 1. The Bertz CT molecular complexity index is 594. The third kappa shape index (κ3) is 2.86. The van der Waals surface area contributed by atoms with Crippen molar-refractivity contribution < 1.29 is 18.3 Å². The van der Waals surface area contributed by atoms with Crippen molar-refractivity contribution in [1.82, 2.24) is 4.31 Å². The number of carboxylic acid groups (broad SMARTS) is 1. The van der Waals surface area contributed by atoms with Crippen LogP contribution < -0.4 is 0 Å². The van der Waals surface area contributed by atoms with E-state index in [1.54, 1.807) is 24.3 Å². The molecule has 2 atom stereocenters. The third-order valence-corrected chi connectivity index (χ3v) is 5.78. The highest BCUT2D eigenvalue weighted by molar-refractivity contribution is 7.89. The fourth-order valence-corrected chi connectivity index (χ4v) is 3.92. The Morgan fingerprint density at radius 2 is 1.90 bits per heavy atom. The summed E-state index contributed by atoms with van der Waals surface area (Å²) in [5.74, 6) is -1.57. The fraction of sp³-hybridized carbons (Fsp3) is 0.500. The molecule has 1 aromatic carbocycles. The number of nitrogens with zero attached hydrogens (tertiary/aromatic N) is 1. The Balaban J connectivity index is 2.26. The number of piperidine rings is 1. The first-order valence-electron chi connectivity index (χ1n) is 6.62. The van der Waals surface area contributed by atoms with Crippen LogP contribution in [0.25, 0.3) is 0 Å². The minimum atomic E-state index is -3.60. The number of rotatable bonds is 3. The molecule has 110 valence electrons. The first-order chi connectivity index (χ1) is 9.32. The molecule has 1 N–H and O–H groups in total. The van der Waals surface area contributed by atoms with E-state index >= 15 is 0 Å². The molecular weight excluding hydrogens is 278 g/mol. The van der Waals surface area contributed by atoms with Crippen LogP contribution in [0, 0.1) is 18.8 Å². The number of sulfonamides is 1. The molecule has 0 unspecified atom stereocenters. The number of carbonyl (C=O) groups is 1. The maximum atomic E-state index is 12.5. The highest BCUT2D eigenvalue weighted by Crippen LogP contribution is 2.28. The number of carboxylic acids is 1. The molecule has 1 saturated heterocycles. The van der Waals surface area contributed by atoms with E-state index in [0.29, 0.717) is 13.0 Å². The van der Waals surface area contributed by atoms with Gasteiger partial charge in [0.05, 0.1) is 10.8 Å². The zero-order valence-electron chi connectivity index (χ0n) is 11.6. The van der Waals surface area contributed by atoms with Crippen LogP contribution in [0.3, 0.4) is 0 Å². The molecule has 1 aromatic rings. The van der Waals surface area contributed by atoms with Gasteiger partial charge in [-0.15, -0.1) is 0 Å². The smallest absolute Gasteiger partial charge is 0.308 e. The van der Waals surface area contributed by atoms with Crippen molar-refractivity contribution in [3.63, 3.8) is 0 Å². The van der Waals surface area contributed by atoms with Gasteiger partial charge in [-0.3, -0.25) is 4.79 Å². The van der Waals surface area contributed by atoms with Gasteiger partial charge in [0.1, 0.15) is 0 Å². The van der Waals surface area contributed by atoms with E-state index in [4.69, 9.17) is 0 Å². The minimum absolute atomic E-state index is 0.00281. The molecular formula is C14H19NO4S. The first kappa shape index (κ1) is 15.0. The topological polar surface area (TPSA) is 74.7 Å². The third-order valence-electron chi connectivity index (χ3n) is 3.90. The summed E-state index contributed by atoms with van der Waals surface area (Å²) >= 11 is 0. The Morgan fingerprint density at radius 3 is 2.45 bits per heavy atom. The first-order valence-corrected chi connectivity index (χ1v) is 8.06. The van der Waals surface area contributed by atoms with E-state index in [2.05, 4.69) is 0 Å². The zero-order chi connectivity index (χ0) is 14.9. The number of hydrogen-bond acceptors (Lipinski definition) is 3. The van der Waals surface area contributed by atoms with Crippen LogP contribution in [0.4, 0.5) is 0 Å². The second-order valence-electron chi connectivity index (χ2n) is 5.39. The van der Waals surface area contributed by atoms with Crippen molar-refractivity contribution in [3.05, 3.63) is 29.8 Å². The summed E-state index contributed by atoms with van der Waals surface area (Å²) in [7, 11) is -3.60. The Hall–Kier alpha value is -1.40. The van der Waals surface area contributed by atoms with Gasteiger partial charge in [-0.2, -0.15) is 4.31 Å². The Labute approximate surface area is 119 Å². The number of hydrogen-bond donors (Lipinski definition) is 1. The van der Waals surface area contributed by atoms with Crippen molar-refractivity contribution in [1.29, 1.82) is 0 Å². The normalized spacial score (nSPS) is 24.5. The molecule has 0 saturated carbocycles. The molecule has 0 bridgehead atoms. The monoisotopic (exact) mass is 297 g/mol. The lowest BCUT2D eigenvalue weighted by Gasteiger charge is -2.34. The van der Waals surface area contributed by atoms with Crippen LogP contribution in [0.2, 0.25) is 0 Å². The van der Waals surface area contributed by atoms with E-state index in [0.717, 1.165) is 5.56 Å². The van der Waals surface area contributed by atoms with Gasteiger partial charge in [0.2, 0.25) is 10.0 Å². The molecule has 0 spiro atoms. The van der Waals surface area contributed by atoms with Crippen molar-refractivity contribution in [2.45, 2.75) is 25.2 Å². The lowest BCUT2D eigenvalue weighted by atomic mass is 9.88. The lowest BCUT2D eigenvalue weighted by Crippen LogP contribution is -2.45. The summed E-state index contributed by atoms with van der Waals surface area (Å²) in [5.41, 5.74) is 0.986. The van der Waals surface area contributed by atoms with E-state index in [-0.39, 0.29) is 17.4 Å². The largest absolute Gasteiger partial charge is 0.481 e. The van der Waals surface area contributed by atoms with Gasteiger partial charge in [-0.05, 0) is 31.4 Å². The van der Waals surface area contributed by atoms with Gasteiger partial charge in [-0.25, -0.2) is 8.42 Å². The van der Waals surface area contributed by atoms with Gasteiger partial charge in [-0.1, -0.05) is 24.6 Å². The van der Waals surface area contributed by atoms with Crippen LogP contribution >= 0.6 is 0 Å². The van der Waals surface area contributed by atoms with Crippen molar-refractivity contribution in [3.8, 4) is 0 Å². The molecule has 0 amide bonds. The standard InChI is InChI=1S/C14H19NO4S/c1-10-3-5-12(6-4-10)20(18,19)15-8-7-11(2)13(9-15)14(16)17/h3-6,11,13H,7-9H2,1-2H3,(H,16,17)/t11-,13+/m1/s1. The SMILES string of the molecule is Cc1ccc(S(=O)(=O)N2CC[C@@H](C)[C@@H](C(=O)O)C2)cc1. The van der Waals surface area contributed by atoms with Crippen LogP contribution in [0.15, 0.2) is 29.2 Å². The summed E-state index contributed by atoms with van der Waals surface area (Å²) in [6, 6.07) is 6.62. The number of aryl methyl sites for hydroxylation is 1. The molecule has 5 nitrogen and oxygen atoms in total. The second-order valence-corrected chi connectivity index (χ2v) is 7.32. The molecule has 6 heteroatoms. The average Bonchev–Trinajstić information content (AvgIpc) is 2.39. The van der Waals surface area contributed by atoms with Crippen LogP contribution in [-0.4, -0.2) is 36.9 Å². The van der Waals surface area contributed by atoms with E-state index in [9.17, 15) is 18.3 Å². The zero-order valence-corrected chi connectivity index (χ0v) is 12.4. The minimum Gasteiger partial charge on any atom is -0.481 e. The molecule has 1 heterocycles. The summed E-state index contributed by atoms with van der Waals surface area (Å²) in [4.78, 5) is 11.4. The highest BCUT2D eigenvalue weighted by atomic mass is 32.2. The summed E-state index contributed by atoms with van der Waals surface area (Å²) in [5, 5.41) is 9.18. The molecule has 2 rings (SSSR count). The average molecular weight is 297 g/mol. The van der Waals surface area contributed by atoms with Crippen molar-refractivity contribution in [2.24, 2.45) is 11.8 Å². The molecule has 1 aliphatic heterocycles. The quantitative estimate of drug-likeness (QED) is 0.922. The summed E-state index contributed by atoms with van der Waals surface area (Å²) < 4.78 is 26.3. The molecule has 1 aliphatic rings. The van der Waals surface area contributed by atoms with Gasteiger partial charge < -0.3 is 5.11 Å². The van der Waals surface area contributed by atoms with Gasteiger partial charge in [0, 0.05) is 13.1 Å². The maximum absolute atomic E-state index is 12.5. The van der Waals surface area contributed by atoms with E-state index in [1.165, 1.54) is 4.31 Å². The highest BCUT2D eigenvalue weighted by Gasteiger charge is 2.37. The Morgan fingerprint density at radius 1 is 1.30 bits per heavy atom. The number of benzene rings is 1. The molecule has 0 radical (unpaired) electrons.